The van der Waals surface area contributed by atoms with Gasteiger partial charge < -0.3 is 19.6 Å². The van der Waals surface area contributed by atoms with E-state index < -0.39 is 29.5 Å². The minimum Gasteiger partial charge on any atom is -0.481 e. The van der Waals surface area contributed by atoms with Gasteiger partial charge in [0.1, 0.15) is 11.5 Å². The number of ether oxygens (including phenoxy) is 1. The molecule has 2 amide bonds. The van der Waals surface area contributed by atoms with E-state index in [1.54, 1.807) is 11.0 Å². The highest BCUT2D eigenvalue weighted by atomic mass is 16.5. The molecule has 0 aliphatic carbocycles. The first kappa shape index (κ1) is 16.3. The van der Waals surface area contributed by atoms with Crippen LogP contribution < -0.4 is 4.90 Å². The third-order valence-electron chi connectivity index (χ3n) is 7.19. The molecule has 0 radical (unpaired) electrons. The summed E-state index contributed by atoms with van der Waals surface area (Å²) in [6.45, 7) is 0.714. The number of rotatable bonds is 2. The van der Waals surface area contributed by atoms with Crippen molar-refractivity contribution in [3.8, 4) is 0 Å². The zero-order valence-electron chi connectivity index (χ0n) is 15.2. The Hall–Kier alpha value is -2.67. The van der Waals surface area contributed by atoms with Crippen LogP contribution in [-0.4, -0.2) is 52.1 Å². The van der Waals surface area contributed by atoms with Crippen LogP contribution in [0.15, 0.2) is 36.4 Å². The molecule has 5 heterocycles. The summed E-state index contributed by atoms with van der Waals surface area (Å²) in [5.41, 5.74) is 0.824. The lowest BCUT2D eigenvalue weighted by Crippen LogP contribution is -2.50. The zero-order valence-corrected chi connectivity index (χ0v) is 15.2. The van der Waals surface area contributed by atoms with Crippen molar-refractivity contribution >= 4 is 23.5 Å². The molecule has 0 saturated carbocycles. The van der Waals surface area contributed by atoms with Crippen LogP contribution in [0.3, 0.4) is 0 Å². The summed E-state index contributed by atoms with van der Waals surface area (Å²) in [5.74, 6) is -2.60. The van der Waals surface area contributed by atoms with Crippen molar-refractivity contribution < 1.29 is 24.2 Å². The zero-order chi connectivity index (χ0) is 19.2. The first-order valence-corrected chi connectivity index (χ1v) is 9.84. The standard InChI is InChI=1S/C21H20N2O5/c24-16-6-3-9-22(16)13-10-15-21-8-7-14(28-21)17(20(26)27)18(21)19(25)23(15)12-5-2-1-4-11(12)13/h1-2,4-5,7-8,13-15,17-18H,3,6,9-10H2,(H,26,27)/t13-,14+,15-,17+,18-,21+/m0/s1. The minimum atomic E-state index is -0.992. The lowest BCUT2D eigenvalue weighted by molar-refractivity contribution is -0.146. The van der Waals surface area contributed by atoms with Crippen LogP contribution in [0.25, 0.3) is 0 Å². The van der Waals surface area contributed by atoms with Crippen molar-refractivity contribution in [3.05, 3.63) is 42.0 Å². The van der Waals surface area contributed by atoms with Crippen LogP contribution in [0, 0.1) is 11.8 Å². The number of likely N-dealkylation sites (tertiary alicyclic amines) is 1. The fourth-order valence-corrected chi connectivity index (χ4v) is 6.13. The van der Waals surface area contributed by atoms with Gasteiger partial charge in [-0.05, 0) is 24.5 Å². The number of para-hydroxylation sites is 1. The summed E-state index contributed by atoms with van der Waals surface area (Å²) in [6, 6.07) is 7.26. The van der Waals surface area contributed by atoms with Crippen LogP contribution in [0.4, 0.5) is 5.69 Å². The van der Waals surface area contributed by atoms with Crippen LogP contribution in [0.1, 0.15) is 30.9 Å². The molecule has 1 aromatic carbocycles. The molecule has 6 rings (SSSR count). The predicted molar refractivity (Wildman–Crippen MR) is 97.4 cm³/mol. The minimum absolute atomic E-state index is 0.117. The van der Waals surface area contributed by atoms with E-state index in [1.807, 2.05) is 35.2 Å². The summed E-state index contributed by atoms with van der Waals surface area (Å²) in [4.78, 5) is 41.5. The van der Waals surface area contributed by atoms with Gasteiger partial charge in [-0.15, -0.1) is 0 Å². The summed E-state index contributed by atoms with van der Waals surface area (Å²) >= 11 is 0. The van der Waals surface area contributed by atoms with Crippen molar-refractivity contribution in [3.63, 3.8) is 0 Å². The van der Waals surface area contributed by atoms with E-state index in [9.17, 15) is 19.5 Å². The third kappa shape index (κ3) is 1.76. The largest absolute Gasteiger partial charge is 0.481 e. The first-order chi connectivity index (χ1) is 13.5. The quantitative estimate of drug-likeness (QED) is 0.786. The summed E-state index contributed by atoms with van der Waals surface area (Å²) in [7, 11) is 0. The number of fused-ring (bicyclic) bond motifs is 4. The van der Waals surface area contributed by atoms with Crippen LogP contribution in [-0.2, 0) is 19.1 Å². The van der Waals surface area contributed by atoms with E-state index in [-0.39, 0.29) is 23.9 Å². The second-order valence-corrected chi connectivity index (χ2v) is 8.36. The Bertz CT molecular complexity index is 958. The number of aliphatic carboxylic acids is 1. The van der Waals surface area contributed by atoms with E-state index in [0.717, 1.165) is 17.7 Å². The number of carbonyl (C=O) groups is 3. The SMILES string of the molecule is O=C(O)[C@H]1[C@H]2C(=O)N3c4ccccc4[C@@H](N4CCCC4=O)C[C@H]3[C@]23C=C[C@H]1O3. The van der Waals surface area contributed by atoms with Crippen molar-refractivity contribution in [1.82, 2.24) is 4.90 Å². The molecule has 0 aromatic heterocycles. The van der Waals surface area contributed by atoms with Gasteiger partial charge in [0.25, 0.3) is 0 Å². The highest BCUT2D eigenvalue weighted by molar-refractivity contribution is 6.04. The van der Waals surface area contributed by atoms with Crippen LogP contribution >= 0.6 is 0 Å². The lowest BCUT2D eigenvalue weighted by Gasteiger charge is -2.43. The van der Waals surface area contributed by atoms with E-state index in [2.05, 4.69) is 0 Å². The fraction of sp³-hybridized carbons (Fsp3) is 0.476. The van der Waals surface area contributed by atoms with E-state index in [4.69, 9.17) is 4.74 Å². The molecule has 2 bridgehead atoms. The Morgan fingerprint density at radius 2 is 2.07 bits per heavy atom. The Morgan fingerprint density at radius 1 is 1.25 bits per heavy atom. The number of nitrogens with zero attached hydrogens (tertiary/aromatic N) is 2. The van der Waals surface area contributed by atoms with Gasteiger partial charge in [-0.2, -0.15) is 0 Å². The maximum Gasteiger partial charge on any atom is 0.310 e. The number of carboxylic acid groups (broad SMARTS) is 1. The Kier molecular flexibility index (Phi) is 3.04. The number of benzene rings is 1. The number of anilines is 1. The van der Waals surface area contributed by atoms with Crippen molar-refractivity contribution in [2.24, 2.45) is 11.8 Å². The molecule has 3 fully saturated rings. The third-order valence-corrected chi connectivity index (χ3v) is 7.19. The van der Waals surface area contributed by atoms with E-state index in [1.165, 1.54) is 0 Å². The normalized spacial score (nSPS) is 40.1. The first-order valence-electron chi connectivity index (χ1n) is 9.84. The molecule has 7 nitrogen and oxygen atoms in total. The molecule has 7 heteroatoms. The monoisotopic (exact) mass is 380 g/mol. The molecule has 144 valence electrons. The molecule has 28 heavy (non-hydrogen) atoms. The number of amides is 2. The highest BCUT2D eigenvalue weighted by Gasteiger charge is 2.72. The van der Waals surface area contributed by atoms with Crippen LogP contribution in [0.5, 0.6) is 0 Å². The van der Waals surface area contributed by atoms with Gasteiger partial charge >= 0.3 is 5.97 Å². The molecule has 0 unspecified atom stereocenters. The predicted octanol–water partition coefficient (Wildman–Crippen LogP) is 1.49. The molecule has 1 aromatic rings. The van der Waals surface area contributed by atoms with Gasteiger partial charge in [-0.1, -0.05) is 30.4 Å². The molecule has 1 N–H and O–H groups in total. The van der Waals surface area contributed by atoms with Gasteiger partial charge in [0.15, 0.2) is 0 Å². The number of hydrogen-bond acceptors (Lipinski definition) is 4. The highest BCUT2D eigenvalue weighted by Crippen LogP contribution is 2.59. The van der Waals surface area contributed by atoms with Crippen molar-refractivity contribution in [1.29, 1.82) is 0 Å². The molecule has 1 spiro atoms. The Balaban J connectivity index is 1.51. The summed E-state index contributed by atoms with van der Waals surface area (Å²) < 4.78 is 6.19. The second-order valence-electron chi connectivity index (χ2n) is 8.36. The summed E-state index contributed by atoms with van der Waals surface area (Å²) in [6.07, 6.45) is 5.10. The lowest BCUT2D eigenvalue weighted by atomic mass is 9.73. The second kappa shape index (κ2) is 5.23. The molecule has 6 atom stereocenters. The number of carbonyl (C=O) groups excluding carboxylic acids is 2. The average Bonchev–Trinajstić information content (AvgIpc) is 3.43. The molecule has 5 aliphatic heterocycles. The van der Waals surface area contributed by atoms with Crippen LogP contribution in [0.2, 0.25) is 0 Å². The van der Waals surface area contributed by atoms with E-state index in [0.29, 0.717) is 19.4 Å². The maximum absolute atomic E-state index is 13.4. The number of hydrogen-bond donors (Lipinski definition) is 1. The van der Waals surface area contributed by atoms with Gasteiger partial charge in [0, 0.05) is 18.7 Å². The Labute approximate surface area is 161 Å². The number of carboxylic acids is 1. The Morgan fingerprint density at radius 3 is 2.82 bits per heavy atom. The topological polar surface area (TPSA) is 87.2 Å². The molecule has 5 aliphatic rings. The van der Waals surface area contributed by atoms with Crippen molar-refractivity contribution in [2.45, 2.75) is 43.1 Å². The smallest absolute Gasteiger partial charge is 0.310 e. The summed E-state index contributed by atoms with van der Waals surface area (Å²) in [5, 5.41) is 9.75. The average molecular weight is 380 g/mol. The van der Waals surface area contributed by atoms with Crippen molar-refractivity contribution in [2.75, 3.05) is 11.4 Å². The van der Waals surface area contributed by atoms with Gasteiger partial charge in [-0.25, -0.2) is 0 Å². The molecular formula is C21H20N2O5. The van der Waals surface area contributed by atoms with Gasteiger partial charge in [-0.3, -0.25) is 14.4 Å². The fourth-order valence-electron chi connectivity index (χ4n) is 6.13. The molecular weight excluding hydrogens is 360 g/mol. The van der Waals surface area contributed by atoms with Gasteiger partial charge in [0.2, 0.25) is 11.8 Å². The maximum atomic E-state index is 13.4. The van der Waals surface area contributed by atoms with Gasteiger partial charge in [0.05, 0.1) is 24.1 Å². The molecule has 3 saturated heterocycles. The van der Waals surface area contributed by atoms with E-state index >= 15 is 0 Å².